The zero-order chi connectivity index (χ0) is 8.55. The quantitative estimate of drug-likeness (QED) is 0.664. The van der Waals surface area contributed by atoms with Gasteiger partial charge in [-0.3, -0.25) is 4.57 Å². The first-order valence-electron chi connectivity index (χ1n) is 4.19. The second-order valence-electron chi connectivity index (χ2n) is 3.32. The monoisotopic (exact) mass is 168 g/mol. The third-order valence-corrected chi connectivity index (χ3v) is 2.27. The first-order chi connectivity index (χ1) is 5.77. The zero-order valence-electron chi connectivity index (χ0n) is 6.73. The molecule has 0 bridgehead atoms. The van der Waals surface area contributed by atoms with Gasteiger partial charge in [-0.1, -0.05) is 0 Å². The van der Waals surface area contributed by atoms with E-state index in [4.69, 9.17) is 0 Å². The number of aromatic nitrogens is 2. The Hall–Kier alpha value is -1.03. The number of aliphatic hydroxyl groups is 1. The van der Waals surface area contributed by atoms with Gasteiger partial charge in [-0.15, -0.1) is 0 Å². The predicted molar refractivity (Wildman–Crippen MR) is 43.8 cm³/mol. The van der Waals surface area contributed by atoms with Crippen LogP contribution in [0, 0.1) is 5.92 Å². The van der Waals surface area contributed by atoms with Gasteiger partial charge in [-0.05, 0) is 18.8 Å². The summed E-state index contributed by atoms with van der Waals surface area (Å²) < 4.78 is 1.50. The number of hydrogen-bond acceptors (Lipinski definition) is 2. The molecule has 1 atom stereocenters. The van der Waals surface area contributed by atoms with Crippen molar-refractivity contribution >= 4 is 0 Å². The van der Waals surface area contributed by atoms with Crippen LogP contribution < -0.4 is 5.69 Å². The van der Waals surface area contributed by atoms with Crippen LogP contribution in [0.15, 0.2) is 17.2 Å². The fourth-order valence-corrected chi connectivity index (χ4v) is 1.32. The van der Waals surface area contributed by atoms with Gasteiger partial charge in [-0.25, -0.2) is 4.79 Å². The van der Waals surface area contributed by atoms with Gasteiger partial charge in [-0.2, -0.15) is 0 Å². The molecule has 0 aliphatic heterocycles. The van der Waals surface area contributed by atoms with Crippen molar-refractivity contribution in [3.05, 3.63) is 22.9 Å². The van der Waals surface area contributed by atoms with Gasteiger partial charge in [0.1, 0.15) is 0 Å². The molecule has 0 spiro atoms. The molecule has 66 valence electrons. The molecule has 0 saturated heterocycles. The molecule has 1 aliphatic rings. The molecule has 1 aromatic heterocycles. The molecule has 1 aliphatic carbocycles. The molecule has 1 unspecified atom stereocenters. The Morgan fingerprint density at radius 1 is 1.75 bits per heavy atom. The fourth-order valence-electron chi connectivity index (χ4n) is 1.32. The van der Waals surface area contributed by atoms with Gasteiger partial charge in [0.05, 0.1) is 12.6 Å². The summed E-state index contributed by atoms with van der Waals surface area (Å²) in [5, 5.41) is 9.51. The Morgan fingerprint density at radius 2 is 2.50 bits per heavy atom. The maximum atomic E-state index is 11.0. The van der Waals surface area contributed by atoms with E-state index < -0.39 is 0 Å². The molecule has 12 heavy (non-hydrogen) atoms. The van der Waals surface area contributed by atoms with E-state index in [9.17, 15) is 9.90 Å². The number of imidazole rings is 1. The molecule has 2 rings (SSSR count). The lowest BCUT2D eigenvalue weighted by Gasteiger charge is -2.07. The number of aromatic amines is 1. The summed E-state index contributed by atoms with van der Waals surface area (Å²) in [6, 6.07) is 0. The smallest absolute Gasteiger partial charge is 0.325 e. The summed E-state index contributed by atoms with van der Waals surface area (Å²) in [4.78, 5) is 13.5. The van der Waals surface area contributed by atoms with Crippen LogP contribution in [-0.2, 0) is 6.54 Å². The summed E-state index contributed by atoms with van der Waals surface area (Å²) in [6.07, 6.45) is 5.09. The van der Waals surface area contributed by atoms with Crippen LogP contribution in [0.1, 0.15) is 12.8 Å². The van der Waals surface area contributed by atoms with E-state index in [0.29, 0.717) is 12.5 Å². The molecule has 1 saturated carbocycles. The Morgan fingerprint density at radius 3 is 3.00 bits per heavy atom. The first-order valence-corrected chi connectivity index (χ1v) is 4.19. The Labute approximate surface area is 69.8 Å². The van der Waals surface area contributed by atoms with Gasteiger partial charge >= 0.3 is 5.69 Å². The highest BCUT2D eigenvalue weighted by molar-refractivity contribution is 4.84. The molecule has 1 fully saturated rings. The van der Waals surface area contributed by atoms with Crippen LogP contribution in [0.4, 0.5) is 0 Å². The maximum Gasteiger partial charge on any atom is 0.325 e. The van der Waals surface area contributed by atoms with Crippen molar-refractivity contribution in [1.82, 2.24) is 9.55 Å². The molecule has 1 heterocycles. The third-order valence-electron chi connectivity index (χ3n) is 2.27. The number of H-pyrrole nitrogens is 1. The van der Waals surface area contributed by atoms with Crippen molar-refractivity contribution in [2.75, 3.05) is 0 Å². The summed E-state index contributed by atoms with van der Waals surface area (Å²) in [6.45, 7) is 0.424. The van der Waals surface area contributed by atoms with Gasteiger partial charge in [0.15, 0.2) is 0 Å². The second kappa shape index (κ2) is 2.79. The number of nitrogens with zero attached hydrogens (tertiary/aromatic N) is 1. The van der Waals surface area contributed by atoms with Crippen molar-refractivity contribution in [3.63, 3.8) is 0 Å². The summed E-state index contributed by atoms with van der Waals surface area (Å²) in [5.41, 5.74) is -0.144. The second-order valence-corrected chi connectivity index (χ2v) is 3.32. The topological polar surface area (TPSA) is 58.0 Å². The van der Waals surface area contributed by atoms with Gasteiger partial charge in [0.2, 0.25) is 0 Å². The van der Waals surface area contributed by atoms with E-state index >= 15 is 0 Å². The minimum absolute atomic E-state index is 0.144. The minimum Gasteiger partial charge on any atom is -0.391 e. The SMILES string of the molecule is O=c1[nH]ccn1CC(O)C1CC1. The average molecular weight is 168 g/mol. The van der Waals surface area contributed by atoms with E-state index in [1.165, 1.54) is 4.57 Å². The normalized spacial score (nSPS) is 19.4. The van der Waals surface area contributed by atoms with Crippen LogP contribution >= 0.6 is 0 Å². The van der Waals surface area contributed by atoms with Crippen LogP contribution in [0.3, 0.4) is 0 Å². The van der Waals surface area contributed by atoms with Crippen molar-refractivity contribution in [2.45, 2.75) is 25.5 Å². The Bertz CT molecular complexity index is 311. The van der Waals surface area contributed by atoms with Crippen molar-refractivity contribution in [3.8, 4) is 0 Å². The van der Waals surface area contributed by atoms with Crippen molar-refractivity contribution < 1.29 is 5.11 Å². The third kappa shape index (κ3) is 1.43. The highest BCUT2D eigenvalue weighted by Crippen LogP contribution is 2.32. The van der Waals surface area contributed by atoms with Crippen LogP contribution in [0.5, 0.6) is 0 Å². The largest absolute Gasteiger partial charge is 0.391 e. The van der Waals surface area contributed by atoms with E-state index in [1.54, 1.807) is 12.4 Å². The number of rotatable bonds is 3. The maximum absolute atomic E-state index is 11.0. The standard InChI is InChI=1S/C8H12N2O2/c11-7(6-1-2-6)5-10-4-3-9-8(10)12/h3-4,6-7,11H,1-2,5H2,(H,9,12). The Kier molecular flexibility index (Phi) is 1.77. The number of nitrogens with one attached hydrogen (secondary N) is 1. The molecule has 4 nitrogen and oxygen atoms in total. The molecular weight excluding hydrogens is 156 g/mol. The highest BCUT2D eigenvalue weighted by atomic mass is 16.3. The highest BCUT2D eigenvalue weighted by Gasteiger charge is 2.29. The van der Waals surface area contributed by atoms with Crippen LogP contribution in [-0.4, -0.2) is 20.8 Å². The molecule has 0 radical (unpaired) electrons. The molecule has 4 heteroatoms. The summed E-state index contributed by atoms with van der Waals surface area (Å²) in [5.74, 6) is 0.423. The molecule has 0 amide bonds. The molecule has 2 N–H and O–H groups in total. The Balaban J connectivity index is 2.02. The summed E-state index contributed by atoms with van der Waals surface area (Å²) >= 11 is 0. The molecule has 1 aromatic rings. The lowest BCUT2D eigenvalue weighted by Crippen LogP contribution is -2.25. The van der Waals surface area contributed by atoms with E-state index in [0.717, 1.165) is 12.8 Å². The zero-order valence-corrected chi connectivity index (χ0v) is 6.73. The van der Waals surface area contributed by atoms with Gasteiger partial charge in [0, 0.05) is 12.4 Å². The lowest BCUT2D eigenvalue weighted by molar-refractivity contribution is 0.130. The predicted octanol–water partition coefficient (Wildman–Crippen LogP) is -0.0527. The number of aliphatic hydroxyl groups excluding tert-OH is 1. The average Bonchev–Trinajstić information content (AvgIpc) is 2.80. The fraction of sp³-hybridized carbons (Fsp3) is 0.625. The van der Waals surface area contributed by atoms with E-state index in [1.807, 2.05) is 0 Å². The molecule has 0 aromatic carbocycles. The first kappa shape index (κ1) is 7.61. The van der Waals surface area contributed by atoms with Crippen molar-refractivity contribution in [1.29, 1.82) is 0 Å². The summed E-state index contributed by atoms with van der Waals surface area (Å²) in [7, 11) is 0. The number of hydrogen-bond donors (Lipinski definition) is 2. The van der Waals surface area contributed by atoms with Gasteiger partial charge < -0.3 is 10.1 Å². The van der Waals surface area contributed by atoms with Crippen molar-refractivity contribution in [2.24, 2.45) is 5.92 Å². The molecular formula is C8H12N2O2. The van der Waals surface area contributed by atoms with Gasteiger partial charge in [0.25, 0.3) is 0 Å². The van der Waals surface area contributed by atoms with Crippen LogP contribution in [0.2, 0.25) is 0 Å². The lowest BCUT2D eigenvalue weighted by atomic mass is 10.2. The van der Waals surface area contributed by atoms with Crippen LogP contribution in [0.25, 0.3) is 0 Å². The van der Waals surface area contributed by atoms with E-state index in [-0.39, 0.29) is 11.8 Å². The minimum atomic E-state index is -0.349. The van der Waals surface area contributed by atoms with E-state index in [2.05, 4.69) is 4.98 Å².